The van der Waals surface area contributed by atoms with Crippen molar-refractivity contribution >= 4 is 20.4 Å². The van der Waals surface area contributed by atoms with Crippen LogP contribution in [0, 0.1) is 6.08 Å². The summed E-state index contributed by atoms with van der Waals surface area (Å²) in [6.07, 6.45) is 10.0. The summed E-state index contributed by atoms with van der Waals surface area (Å²) in [4.78, 5) is 24.0. The van der Waals surface area contributed by atoms with E-state index in [0.717, 1.165) is 6.42 Å². The van der Waals surface area contributed by atoms with Crippen LogP contribution < -0.4 is 0 Å². The van der Waals surface area contributed by atoms with Gasteiger partial charge in [0.15, 0.2) is 0 Å². The smallest absolute Gasteiger partial charge is 0.106 e. The zero-order valence-corrected chi connectivity index (χ0v) is 7.74. The molecule has 0 saturated carbocycles. The summed E-state index contributed by atoms with van der Waals surface area (Å²) >= 11 is 0. The minimum atomic E-state index is 0. The van der Waals surface area contributed by atoms with Gasteiger partial charge in [0.1, 0.15) is 20.4 Å². The Kier molecular flexibility index (Phi) is 94.6. The van der Waals surface area contributed by atoms with Gasteiger partial charge in [-0.2, -0.15) is 6.08 Å². The molecule has 0 spiro atoms. The predicted molar refractivity (Wildman–Crippen MR) is 42.9 cm³/mol. The summed E-state index contributed by atoms with van der Waals surface area (Å²) in [5.41, 5.74) is 0. The molecule has 0 N–H and O–H groups in total. The van der Waals surface area contributed by atoms with Crippen molar-refractivity contribution in [1.82, 2.24) is 0 Å². The van der Waals surface area contributed by atoms with Crippen LogP contribution in [0.2, 0.25) is 0 Å². The van der Waals surface area contributed by atoms with Crippen molar-refractivity contribution in [3.63, 3.8) is 0 Å². The molecule has 3 nitrogen and oxygen atoms in total. The first kappa shape index (κ1) is 22.5. The van der Waals surface area contributed by atoms with E-state index in [0.29, 0.717) is 0 Å². The second-order valence-electron chi connectivity index (χ2n) is 1.00. The molecule has 0 aliphatic heterocycles. The Morgan fingerprint density at radius 1 is 1.00 bits per heavy atom. The first-order valence-electron chi connectivity index (χ1n) is 2.58. The van der Waals surface area contributed by atoms with Crippen molar-refractivity contribution < 1.29 is 31.5 Å². The molecule has 0 heterocycles. The summed E-state index contributed by atoms with van der Waals surface area (Å²) in [5.74, 6) is 0. The molecular formula is C8H11FeO3-. The average molecular weight is 211 g/mol. The van der Waals surface area contributed by atoms with Gasteiger partial charge in [0.05, 0.1) is 0 Å². The predicted octanol–water partition coefficient (Wildman–Crippen LogP) is 0.748. The Balaban J connectivity index is -0.0000000406. The van der Waals surface area contributed by atoms with Gasteiger partial charge in [0, 0.05) is 17.1 Å². The van der Waals surface area contributed by atoms with Crippen LogP contribution in [-0.2, 0) is 31.5 Å². The SMILES string of the molecule is C=O.C=O.C=O.[C-]1=CC=CC1.[Fe]. The van der Waals surface area contributed by atoms with E-state index in [9.17, 15) is 0 Å². The van der Waals surface area contributed by atoms with Crippen LogP contribution >= 0.6 is 0 Å². The molecule has 0 unspecified atom stereocenters. The van der Waals surface area contributed by atoms with Crippen LogP contribution in [0.15, 0.2) is 18.2 Å². The van der Waals surface area contributed by atoms with E-state index in [4.69, 9.17) is 14.4 Å². The molecule has 0 radical (unpaired) electrons. The Labute approximate surface area is 83.0 Å². The Morgan fingerprint density at radius 3 is 1.50 bits per heavy atom. The van der Waals surface area contributed by atoms with E-state index in [1.807, 2.05) is 32.5 Å². The van der Waals surface area contributed by atoms with E-state index >= 15 is 0 Å². The Bertz CT molecular complexity index is 98.1. The molecule has 0 aromatic rings. The molecule has 4 heteroatoms. The van der Waals surface area contributed by atoms with E-state index in [1.165, 1.54) is 0 Å². The van der Waals surface area contributed by atoms with Gasteiger partial charge < -0.3 is 14.4 Å². The molecular weight excluding hydrogens is 200 g/mol. The van der Waals surface area contributed by atoms with Gasteiger partial charge in [-0.1, -0.05) is 0 Å². The summed E-state index contributed by atoms with van der Waals surface area (Å²) in [7, 11) is 0. The monoisotopic (exact) mass is 211 g/mol. The van der Waals surface area contributed by atoms with Crippen molar-refractivity contribution in [2.45, 2.75) is 6.42 Å². The van der Waals surface area contributed by atoms with Gasteiger partial charge >= 0.3 is 0 Å². The van der Waals surface area contributed by atoms with Crippen molar-refractivity contribution in [1.29, 1.82) is 0 Å². The van der Waals surface area contributed by atoms with Crippen LogP contribution in [0.5, 0.6) is 0 Å². The fourth-order valence-electron chi connectivity index (χ4n) is 0.340. The van der Waals surface area contributed by atoms with Gasteiger partial charge in [0.2, 0.25) is 0 Å². The number of allylic oxidation sites excluding steroid dienone is 4. The molecule has 0 atom stereocenters. The van der Waals surface area contributed by atoms with Crippen LogP contribution in [0.3, 0.4) is 0 Å². The summed E-state index contributed by atoms with van der Waals surface area (Å²) in [6, 6.07) is 0. The third-order valence-corrected chi connectivity index (χ3v) is 0.586. The topological polar surface area (TPSA) is 51.2 Å². The summed E-state index contributed by atoms with van der Waals surface area (Å²) < 4.78 is 0. The van der Waals surface area contributed by atoms with Gasteiger partial charge in [-0.25, -0.2) is 12.2 Å². The molecule has 1 aliphatic rings. The first-order valence-corrected chi connectivity index (χ1v) is 2.58. The normalized spacial score (nSPS) is 8.33. The Morgan fingerprint density at radius 2 is 1.42 bits per heavy atom. The van der Waals surface area contributed by atoms with Crippen LogP contribution in [0.1, 0.15) is 6.42 Å². The molecule has 0 fully saturated rings. The largest absolute Gasteiger partial charge is 0.307 e. The fraction of sp³-hybridized carbons (Fsp3) is 0.125. The average Bonchev–Trinajstić information content (AvgIpc) is 2.71. The molecule has 0 amide bonds. The van der Waals surface area contributed by atoms with Gasteiger partial charge in [-0.15, -0.1) is 6.42 Å². The molecule has 0 saturated heterocycles. The second kappa shape index (κ2) is 50.5. The fourth-order valence-corrected chi connectivity index (χ4v) is 0.340. The first-order chi connectivity index (χ1) is 5.50. The number of carbonyl (C=O) groups excluding carboxylic acids is 3. The van der Waals surface area contributed by atoms with Crippen molar-refractivity contribution in [2.75, 3.05) is 0 Å². The van der Waals surface area contributed by atoms with Crippen LogP contribution in [0.4, 0.5) is 0 Å². The minimum Gasteiger partial charge on any atom is -0.307 e. The van der Waals surface area contributed by atoms with Crippen molar-refractivity contribution in [3.05, 3.63) is 24.3 Å². The third-order valence-electron chi connectivity index (χ3n) is 0.586. The molecule has 0 aromatic carbocycles. The minimum absolute atomic E-state index is 0. The van der Waals surface area contributed by atoms with Crippen LogP contribution in [-0.4, -0.2) is 20.4 Å². The van der Waals surface area contributed by atoms with E-state index in [1.54, 1.807) is 0 Å². The number of carbonyl (C=O) groups is 3. The number of hydrogen-bond acceptors (Lipinski definition) is 3. The van der Waals surface area contributed by atoms with E-state index in [-0.39, 0.29) is 17.1 Å². The Hall–Kier alpha value is -0.991. The molecule has 1 rings (SSSR count). The maximum Gasteiger partial charge on any atom is 0.106 e. The second-order valence-corrected chi connectivity index (χ2v) is 1.00. The maximum atomic E-state index is 8.00. The van der Waals surface area contributed by atoms with Crippen molar-refractivity contribution in [2.24, 2.45) is 0 Å². The summed E-state index contributed by atoms with van der Waals surface area (Å²) in [5, 5.41) is 0. The number of hydrogen-bond donors (Lipinski definition) is 0. The van der Waals surface area contributed by atoms with Gasteiger partial charge in [0.25, 0.3) is 0 Å². The maximum absolute atomic E-state index is 8.00. The zero-order chi connectivity index (χ0) is 9.54. The zero-order valence-electron chi connectivity index (χ0n) is 6.64. The summed E-state index contributed by atoms with van der Waals surface area (Å²) in [6.45, 7) is 6.00. The quantitative estimate of drug-likeness (QED) is 0.438. The molecule has 12 heavy (non-hydrogen) atoms. The van der Waals surface area contributed by atoms with E-state index in [2.05, 4.69) is 12.2 Å². The van der Waals surface area contributed by atoms with Crippen LogP contribution in [0.25, 0.3) is 0 Å². The molecule has 0 bridgehead atoms. The number of rotatable bonds is 0. The molecule has 0 aromatic heterocycles. The molecule has 1 aliphatic carbocycles. The third kappa shape index (κ3) is 36.0. The van der Waals surface area contributed by atoms with E-state index < -0.39 is 0 Å². The standard InChI is InChI=1S/C5H5.3CH2O.Fe/c1-2-4-5-3-1;3*1-2;/h1-3H,4H2;3*1H2;/q-1;;;;. The van der Waals surface area contributed by atoms with Gasteiger partial charge in [-0.05, 0) is 0 Å². The molecule has 70 valence electrons. The van der Waals surface area contributed by atoms with Gasteiger partial charge in [-0.3, -0.25) is 6.08 Å². The van der Waals surface area contributed by atoms with Crippen molar-refractivity contribution in [3.8, 4) is 0 Å².